The molecule has 114 valence electrons. The molecule has 2 N–H and O–H groups in total. The van der Waals surface area contributed by atoms with Gasteiger partial charge in [0.05, 0.1) is 5.69 Å². The quantitative estimate of drug-likeness (QED) is 0.827. The maximum atomic E-state index is 12.2. The van der Waals surface area contributed by atoms with Crippen molar-refractivity contribution in [1.29, 1.82) is 0 Å². The highest BCUT2D eigenvalue weighted by molar-refractivity contribution is 5.79. The van der Waals surface area contributed by atoms with Gasteiger partial charge in [0.25, 0.3) is 0 Å². The number of rotatable bonds is 6. The lowest BCUT2D eigenvalue weighted by Gasteiger charge is -2.21. The van der Waals surface area contributed by atoms with Crippen LogP contribution in [0.15, 0.2) is 0 Å². The molecular formula is C15H27N3O2. The first-order valence-corrected chi connectivity index (χ1v) is 7.18. The Bertz CT molecular complexity index is 468. The summed E-state index contributed by atoms with van der Waals surface area (Å²) in [6.45, 7) is 9.85. The van der Waals surface area contributed by atoms with E-state index in [1.807, 2.05) is 46.3 Å². The van der Waals surface area contributed by atoms with Gasteiger partial charge in [-0.15, -0.1) is 0 Å². The number of aryl methyl sites for hydroxylation is 2. The van der Waals surface area contributed by atoms with Crippen LogP contribution in [0.3, 0.4) is 0 Å². The minimum absolute atomic E-state index is 0.0222. The summed E-state index contributed by atoms with van der Waals surface area (Å²) >= 11 is 0. The fourth-order valence-corrected chi connectivity index (χ4v) is 2.18. The van der Waals surface area contributed by atoms with Crippen LogP contribution < -0.4 is 5.32 Å². The van der Waals surface area contributed by atoms with Crippen molar-refractivity contribution < 1.29 is 9.90 Å². The van der Waals surface area contributed by atoms with E-state index in [2.05, 4.69) is 10.4 Å². The largest absolute Gasteiger partial charge is 0.396 e. The van der Waals surface area contributed by atoms with Crippen molar-refractivity contribution >= 4 is 5.91 Å². The number of aliphatic hydroxyl groups excluding tert-OH is 1. The highest BCUT2D eigenvalue weighted by Crippen LogP contribution is 2.17. The van der Waals surface area contributed by atoms with Crippen LogP contribution in [0.1, 0.15) is 37.7 Å². The minimum Gasteiger partial charge on any atom is -0.396 e. The van der Waals surface area contributed by atoms with Crippen molar-refractivity contribution in [3.8, 4) is 0 Å². The van der Waals surface area contributed by atoms with Crippen LogP contribution in [0, 0.1) is 25.7 Å². The molecule has 5 heteroatoms. The van der Waals surface area contributed by atoms with E-state index in [4.69, 9.17) is 5.11 Å². The van der Waals surface area contributed by atoms with E-state index in [1.54, 1.807) is 0 Å². The third-order valence-corrected chi connectivity index (χ3v) is 4.13. The van der Waals surface area contributed by atoms with Crippen molar-refractivity contribution in [2.24, 2.45) is 18.9 Å². The van der Waals surface area contributed by atoms with Gasteiger partial charge in [0, 0.05) is 31.3 Å². The zero-order valence-corrected chi connectivity index (χ0v) is 13.4. The van der Waals surface area contributed by atoms with Gasteiger partial charge in [-0.05, 0) is 38.7 Å². The molecule has 1 aromatic heterocycles. The molecule has 0 bridgehead atoms. The Labute approximate surface area is 121 Å². The normalized spacial score (nSPS) is 15.8. The number of nitrogens with zero attached hydrogens (tertiary/aromatic N) is 2. The Morgan fingerprint density at radius 2 is 1.95 bits per heavy atom. The molecule has 0 aromatic carbocycles. The fraction of sp³-hybridized carbons (Fsp3) is 0.733. The molecule has 0 aliphatic carbocycles. The number of nitrogens with one attached hydrogen (secondary N) is 1. The molecule has 0 fully saturated rings. The molecule has 1 aromatic rings. The van der Waals surface area contributed by atoms with Gasteiger partial charge >= 0.3 is 0 Å². The molecule has 0 radical (unpaired) electrons. The van der Waals surface area contributed by atoms with Crippen molar-refractivity contribution in [2.75, 3.05) is 6.61 Å². The summed E-state index contributed by atoms with van der Waals surface area (Å²) in [6.07, 6.45) is 0.692. The van der Waals surface area contributed by atoms with Crippen molar-refractivity contribution in [2.45, 2.75) is 47.1 Å². The zero-order valence-electron chi connectivity index (χ0n) is 13.4. The number of carbonyl (C=O) groups excluding carboxylic acids is 1. The number of aliphatic hydroxyl groups is 1. The molecule has 0 spiro atoms. The second-order valence-electron chi connectivity index (χ2n) is 5.84. The van der Waals surface area contributed by atoms with Crippen molar-refractivity contribution in [3.05, 3.63) is 17.0 Å². The first kappa shape index (κ1) is 16.7. The summed E-state index contributed by atoms with van der Waals surface area (Å²) in [5, 5.41) is 16.5. The lowest BCUT2D eigenvalue weighted by molar-refractivity contribution is -0.125. The van der Waals surface area contributed by atoms with Gasteiger partial charge in [0.15, 0.2) is 0 Å². The van der Waals surface area contributed by atoms with Crippen molar-refractivity contribution in [1.82, 2.24) is 15.1 Å². The number of amides is 1. The van der Waals surface area contributed by atoms with E-state index in [0.717, 1.165) is 17.0 Å². The molecule has 1 amide bonds. The van der Waals surface area contributed by atoms with Gasteiger partial charge in [-0.3, -0.25) is 9.48 Å². The third kappa shape index (κ3) is 3.82. The molecule has 5 nitrogen and oxygen atoms in total. The molecule has 0 aliphatic rings. The molecule has 0 saturated carbocycles. The molecule has 3 unspecified atom stereocenters. The van der Waals surface area contributed by atoms with Crippen molar-refractivity contribution in [3.63, 3.8) is 0 Å². The molecule has 20 heavy (non-hydrogen) atoms. The predicted molar refractivity (Wildman–Crippen MR) is 79.4 cm³/mol. The number of aromatic nitrogens is 2. The van der Waals surface area contributed by atoms with Crippen LogP contribution in [0.2, 0.25) is 0 Å². The highest BCUT2D eigenvalue weighted by atomic mass is 16.3. The van der Waals surface area contributed by atoms with E-state index in [-0.39, 0.29) is 30.4 Å². The number of hydrogen-bond acceptors (Lipinski definition) is 3. The highest BCUT2D eigenvalue weighted by Gasteiger charge is 2.21. The third-order valence-electron chi connectivity index (χ3n) is 4.13. The van der Waals surface area contributed by atoms with Gasteiger partial charge in [0.2, 0.25) is 5.91 Å². The predicted octanol–water partition coefficient (Wildman–Crippen LogP) is 1.35. The van der Waals surface area contributed by atoms with E-state index in [0.29, 0.717) is 6.42 Å². The second kappa shape index (κ2) is 6.88. The first-order chi connectivity index (χ1) is 9.27. The molecule has 1 heterocycles. The van der Waals surface area contributed by atoms with E-state index in [1.165, 1.54) is 0 Å². The SMILES string of the molecule is Cc1nn(C)c(C)c1CC(C)C(=O)NC(C)C(C)CO. The van der Waals surface area contributed by atoms with Crippen LogP contribution in [-0.2, 0) is 18.3 Å². The lowest BCUT2D eigenvalue weighted by Crippen LogP contribution is -2.41. The summed E-state index contributed by atoms with van der Waals surface area (Å²) in [6, 6.07) is -0.0222. The van der Waals surface area contributed by atoms with Crippen LogP contribution in [-0.4, -0.2) is 33.4 Å². The molecular weight excluding hydrogens is 254 g/mol. The fourth-order valence-electron chi connectivity index (χ4n) is 2.18. The van der Waals surface area contributed by atoms with Gasteiger partial charge < -0.3 is 10.4 Å². The Hall–Kier alpha value is -1.36. The average Bonchev–Trinajstić information content (AvgIpc) is 2.64. The van der Waals surface area contributed by atoms with Crippen LogP contribution in [0.25, 0.3) is 0 Å². The van der Waals surface area contributed by atoms with E-state index < -0.39 is 0 Å². The Balaban J connectivity index is 2.66. The molecule has 3 atom stereocenters. The van der Waals surface area contributed by atoms with E-state index in [9.17, 15) is 4.79 Å². The topological polar surface area (TPSA) is 67.2 Å². The Morgan fingerprint density at radius 1 is 1.35 bits per heavy atom. The van der Waals surface area contributed by atoms with Crippen LogP contribution in [0.4, 0.5) is 0 Å². The second-order valence-corrected chi connectivity index (χ2v) is 5.84. The van der Waals surface area contributed by atoms with Gasteiger partial charge in [-0.25, -0.2) is 0 Å². The molecule has 0 aliphatic heterocycles. The van der Waals surface area contributed by atoms with Gasteiger partial charge in [-0.2, -0.15) is 5.10 Å². The summed E-state index contributed by atoms with van der Waals surface area (Å²) in [5.74, 6) is -0.0154. The van der Waals surface area contributed by atoms with Crippen LogP contribution in [0.5, 0.6) is 0 Å². The summed E-state index contributed by atoms with van der Waals surface area (Å²) in [7, 11) is 1.92. The summed E-state index contributed by atoms with van der Waals surface area (Å²) in [5.41, 5.74) is 3.25. The Kier molecular flexibility index (Phi) is 5.74. The van der Waals surface area contributed by atoms with E-state index >= 15 is 0 Å². The number of carbonyl (C=O) groups is 1. The standard InChI is InChI=1S/C15H27N3O2/c1-9(15(20)16-11(3)10(2)8-19)7-14-12(4)17-18(6)13(14)5/h9-11,19H,7-8H2,1-6H3,(H,16,20). The minimum atomic E-state index is -0.107. The maximum Gasteiger partial charge on any atom is 0.223 e. The average molecular weight is 281 g/mol. The Morgan fingerprint density at radius 3 is 2.40 bits per heavy atom. The van der Waals surface area contributed by atoms with Gasteiger partial charge in [-0.1, -0.05) is 13.8 Å². The summed E-state index contributed by atoms with van der Waals surface area (Å²) < 4.78 is 1.85. The first-order valence-electron chi connectivity index (χ1n) is 7.18. The van der Waals surface area contributed by atoms with Crippen LogP contribution >= 0.6 is 0 Å². The maximum absolute atomic E-state index is 12.2. The lowest BCUT2D eigenvalue weighted by atomic mass is 9.97. The van der Waals surface area contributed by atoms with Gasteiger partial charge in [0.1, 0.15) is 0 Å². The monoisotopic (exact) mass is 281 g/mol. The molecule has 0 saturated heterocycles. The summed E-state index contributed by atoms with van der Waals surface area (Å²) in [4.78, 5) is 12.2. The zero-order chi connectivity index (χ0) is 15.4. The molecule has 1 rings (SSSR count). The number of hydrogen-bond donors (Lipinski definition) is 2. The smallest absolute Gasteiger partial charge is 0.223 e.